The lowest BCUT2D eigenvalue weighted by molar-refractivity contribution is -0.161. The quantitative estimate of drug-likeness (QED) is 0.0230. The monoisotopic (exact) mass is 894 g/mol. The van der Waals surface area contributed by atoms with E-state index in [-0.39, 0.29) is 19.4 Å². The highest BCUT2D eigenvalue weighted by molar-refractivity contribution is 7.47. The van der Waals surface area contributed by atoms with Gasteiger partial charge in [-0.15, -0.1) is 0 Å². The first-order valence-corrected chi connectivity index (χ1v) is 25.8. The Morgan fingerprint density at radius 3 is 1.34 bits per heavy atom. The van der Waals surface area contributed by atoms with E-state index in [1.165, 1.54) is 109 Å². The number of carbonyl (C=O) groups excluding carboxylic acids is 2. The van der Waals surface area contributed by atoms with Gasteiger partial charge in [0, 0.05) is 12.8 Å². The summed E-state index contributed by atoms with van der Waals surface area (Å²) in [6, 6.07) is -1.53. The van der Waals surface area contributed by atoms with Gasteiger partial charge in [0.2, 0.25) is 0 Å². The summed E-state index contributed by atoms with van der Waals surface area (Å²) in [5, 5.41) is 8.91. The molecule has 0 bridgehead atoms. The number of hydrogen-bond acceptors (Lipinski definition) is 9. The van der Waals surface area contributed by atoms with E-state index in [9.17, 15) is 23.8 Å². The van der Waals surface area contributed by atoms with Crippen molar-refractivity contribution >= 4 is 25.7 Å². The smallest absolute Gasteiger partial charge is 0.472 e. The Hall–Kier alpha value is -2.82. The van der Waals surface area contributed by atoms with Crippen LogP contribution >= 0.6 is 7.82 Å². The summed E-state index contributed by atoms with van der Waals surface area (Å²) in [6.07, 6.45) is 52.8. The predicted molar refractivity (Wildman–Crippen MR) is 254 cm³/mol. The Kier molecular flexibility index (Phi) is 42.7. The molecular formula is C50H88NO10P. The van der Waals surface area contributed by atoms with Crippen LogP contribution in [0.3, 0.4) is 0 Å². The number of carboxylic acid groups (broad SMARTS) is 1. The van der Waals surface area contributed by atoms with Crippen molar-refractivity contribution in [2.45, 2.75) is 219 Å². The number of esters is 2. The third kappa shape index (κ3) is 43.8. The third-order valence-electron chi connectivity index (χ3n) is 10.2. The molecule has 12 heteroatoms. The van der Waals surface area contributed by atoms with Crippen LogP contribution in [0, 0.1) is 0 Å². The molecule has 0 aromatic heterocycles. The summed E-state index contributed by atoms with van der Waals surface area (Å²) in [7, 11) is -4.73. The van der Waals surface area contributed by atoms with E-state index < -0.39 is 51.1 Å². The molecule has 0 heterocycles. The number of hydrogen-bond donors (Lipinski definition) is 3. The van der Waals surface area contributed by atoms with E-state index in [0.717, 1.165) is 57.8 Å². The van der Waals surface area contributed by atoms with Crippen LogP contribution in [0.4, 0.5) is 0 Å². The number of nitrogens with two attached hydrogens (primary N) is 1. The summed E-state index contributed by atoms with van der Waals surface area (Å²) in [5.74, 6) is -2.42. The minimum Gasteiger partial charge on any atom is -0.480 e. The van der Waals surface area contributed by atoms with E-state index in [2.05, 4.69) is 79.1 Å². The third-order valence-corrected chi connectivity index (χ3v) is 11.2. The number of unbranched alkanes of at least 4 members (excludes halogenated alkanes) is 21. The zero-order valence-corrected chi connectivity index (χ0v) is 39.8. The minimum absolute atomic E-state index is 0.150. The summed E-state index contributed by atoms with van der Waals surface area (Å²) in [6.45, 7) is 2.75. The molecule has 1 unspecified atom stereocenters. The molecule has 0 aromatic carbocycles. The van der Waals surface area contributed by atoms with Gasteiger partial charge in [-0.3, -0.25) is 23.4 Å². The van der Waals surface area contributed by atoms with Crippen LogP contribution < -0.4 is 5.73 Å². The van der Waals surface area contributed by atoms with Gasteiger partial charge in [-0.1, -0.05) is 171 Å². The zero-order valence-electron chi connectivity index (χ0n) is 38.9. The van der Waals surface area contributed by atoms with Crippen LogP contribution in [-0.4, -0.2) is 59.9 Å². The maximum Gasteiger partial charge on any atom is 0.472 e. The molecule has 4 N–H and O–H groups in total. The van der Waals surface area contributed by atoms with Crippen LogP contribution in [0.25, 0.3) is 0 Å². The van der Waals surface area contributed by atoms with E-state index in [1.54, 1.807) is 0 Å². The van der Waals surface area contributed by atoms with Gasteiger partial charge in [0.1, 0.15) is 12.6 Å². The lowest BCUT2D eigenvalue weighted by Crippen LogP contribution is -2.34. The molecule has 0 aliphatic rings. The van der Waals surface area contributed by atoms with Crippen molar-refractivity contribution < 1.29 is 47.5 Å². The number of carbonyl (C=O) groups is 3. The summed E-state index contributed by atoms with van der Waals surface area (Å²) in [4.78, 5) is 46.1. The number of allylic oxidation sites excluding steroid dienone is 10. The molecule has 0 radical (unpaired) electrons. The first-order chi connectivity index (χ1) is 30.1. The molecule has 0 aliphatic carbocycles. The number of phosphoric acid groups is 1. The molecule has 0 aliphatic heterocycles. The maximum absolute atomic E-state index is 12.7. The highest BCUT2D eigenvalue weighted by Gasteiger charge is 2.28. The number of ether oxygens (including phenoxy) is 2. The average molecular weight is 894 g/mol. The van der Waals surface area contributed by atoms with Gasteiger partial charge in [0.05, 0.1) is 13.2 Å². The minimum atomic E-state index is -4.73. The fourth-order valence-corrected chi connectivity index (χ4v) is 7.17. The molecule has 62 heavy (non-hydrogen) atoms. The summed E-state index contributed by atoms with van der Waals surface area (Å²) in [5.41, 5.74) is 5.34. The zero-order chi connectivity index (χ0) is 45.6. The molecule has 3 atom stereocenters. The van der Waals surface area contributed by atoms with Crippen molar-refractivity contribution in [3.8, 4) is 0 Å². The number of phosphoric ester groups is 1. The fourth-order valence-electron chi connectivity index (χ4n) is 6.40. The lowest BCUT2D eigenvalue weighted by atomic mass is 10.1. The molecule has 0 saturated heterocycles. The Morgan fingerprint density at radius 2 is 0.855 bits per heavy atom. The Labute approximate surface area is 377 Å². The Bertz CT molecular complexity index is 1280. The van der Waals surface area contributed by atoms with Crippen molar-refractivity contribution in [1.82, 2.24) is 0 Å². The van der Waals surface area contributed by atoms with Gasteiger partial charge in [0.25, 0.3) is 0 Å². The second-order valence-corrected chi connectivity index (χ2v) is 17.7. The van der Waals surface area contributed by atoms with Crippen LogP contribution in [0.5, 0.6) is 0 Å². The van der Waals surface area contributed by atoms with Crippen LogP contribution in [0.2, 0.25) is 0 Å². The van der Waals surface area contributed by atoms with Gasteiger partial charge >= 0.3 is 25.7 Å². The fraction of sp³-hybridized carbons (Fsp3) is 0.740. The number of rotatable bonds is 45. The number of carboxylic acids is 1. The van der Waals surface area contributed by atoms with E-state index in [4.69, 9.17) is 24.8 Å². The van der Waals surface area contributed by atoms with Gasteiger partial charge in [-0.2, -0.15) is 0 Å². The molecule has 0 saturated carbocycles. The van der Waals surface area contributed by atoms with Gasteiger partial charge in [-0.05, 0) is 83.5 Å². The average Bonchev–Trinajstić information content (AvgIpc) is 3.25. The summed E-state index contributed by atoms with van der Waals surface area (Å²) < 4.78 is 32.8. The largest absolute Gasteiger partial charge is 0.480 e. The van der Waals surface area contributed by atoms with Gasteiger partial charge in [0.15, 0.2) is 6.10 Å². The Balaban J connectivity index is 4.36. The molecule has 358 valence electrons. The summed E-state index contributed by atoms with van der Waals surface area (Å²) >= 11 is 0. The first kappa shape index (κ1) is 59.2. The van der Waals surface area contributed by atoms with Crippen molar-refractivity contribution in [2.75, 3.05) is 19.8 Å². The second kappa shape index (κ2) is 44.8. The predicted octanol–water partition coefficient (Wildman–Crippen LogP) is 13.5. The molecule has 0 fully saturated rings. The van der Waals surface area contributed by atoms with Crippen LogP contribution in [0.1, 0.15) is 206 Å². The lowest BCUT2D eigenvalue weighted by Gasteiger charge is -2.20. The highest BCUT2D eigenvalue weighted by Crippen LogP contribution is 2.43. The van der Waals surface area contributed by atoms with Crippen molar-refractivity contribution in [1.29, 1.82) is 0 Å². The van der Waals surface area contributed by atoms with Crippen LogP contribution in [0.15, 0.2) is 60.8 Å². The molecule has 0 spiro atoms. The van der Waals surface area contributed by atoms with Gasteiger partial charge in [-0.25, -0.2) is 4.57 Å². The Morgan fingerprint density at radius 1 is 0.500 bits per heavy atom. The van der Waals surface area contributed by atoms with E-state index in [1.807, 2.05) is 0 Å². The van der Waals surface area contributed by atoms with E-state index in [0.29, 0.717) is 12.8 Å². The topological polar surface area (TPSA) is 172 Å². The van der Waals surface area contributed by atoms with Crippen molar-refractivity contribution in [3.05, 3.63) is 60.8 Å². The van der Waals surface area contributed by atoms with Crippen LogP contribution in [-0.2, 0) is 37.5 Å². The van der Waals surface area contributed by atoms with Gasteiger partial charge < -0.3 is 25.2 Å². The number of aliphatic carboxylic acids is 1. The SMILES string of the molecule is CCCCC/C=C\C/C=C\C/C=C\C/C=C\CCCCCC(=O)OC[C@H](COP(=O)(O)OC[C@H](N)C(=O)O)OC(=O)CCCCCCCCCCC/C=C\CCCCCCCC. The molecule has 0 aromatic rings. The maximum atomic E-state index is 12.7. The first-order valence-electron chi connectivity index (χ1n) is 24.3. The molecule has 0 amide bonds. The normalized spacial score (nSPS) is 14.1. The second-order valence-electron chi connectivity index (χ2n) is 16.2. The standard InChI is InChI=1S/C50H88NO10P/c1-3-5-7-9-11-13-15-17-19-21-23-25-27-29-31-33-35-37-39-41-48(52)58-43-46(44-59-62(56,57)60-45-47(51)50(54)55)61-49(53)42-40-38-36-34-32-30-28-26-24-22-20-18-16-14-12-10-8-6-4-2/h11,13,17-20,23,25,29,31,46-47H,3-10,12,14-16,21-22,24,26-28,30,32-45,51H2,1-2H3,(H,54,55)(H,56,57)/b13-11-,19-17-,20-18-,25-23-,31-29-/t46-,47+/m1/s1. The molecule has 0 rings (SSSR count). The molecule has 11 nitrogen and oxygen atoms in total. The van der Waals surface area contributed by atoms with Crippen molar-refractivity contribution in [3.63, 3.8) is 0 Å². The molecular weight excluding hydrogens is 806 g/mol. The van der Waals surface area contributed by atoms with E-state index >= 15 is 0 Å². The van der Waals surface area contributed by atoms with Crippen molar-refractivity contribution in [2.24, 2.45) is 5.73 Å². The highest BCUT2D eigenvalue weighted by atomic mass is 31.2.